The van der Waals surface area contributed by atoms with Crippen LogP contribution in [0.4, 0.5) is 11.5 Å². The first-order valence-electron chi connectivity index (χ1n) is 6.21. The molecule has 0 aliphatic carbocycles. The molecule has 3 nitrogen and oxygen atoms in total. The lowest BCUT2D eigenvalue weighted by Gasteiger charge is -2.16. The number of aromatic nitrogens is 1. The molecule has 0 unspecified atom stereocenters. The second kappa shape index (κ2) is 6.06. The molecule has 0 saturated heterocycles. The van der Waals surface area contributed by atoms with Crippen molar-refractivity contribution in [3.8, 4) is 5.75 Å². The van der Waals surface area contributed by atoms with Gasteiger partial charge in [0.05, 0.1) is 11.8 Å². The van der Waals surface area contributed by atoms with Crippen LogP contribution in [0.3, 0.4) is 0 Å². The van der Waals surface area contributed by atoms with E-state index < -0.39 is 0 Å². The summed E-state index contributed by atoms with van der Waals surface area (Å²) >= 11 is 3.41. The highest BCUT2D eigenvalue weighted by atomic mass is 79.9. The molecule has 1 aromatic heterocycles. The number of para-hydroxylation sites is 2. The second-order valence-corrected chi connectivity index (χ2v) is 5.52. The lowest BCUT2D eigenvalue weighted by Crippen LogP contribution is -2.07. The average molecular weight is 321 g/mol. The predicted molar refractivity (Wildman–Crippen MR) is 82.2 cm³/mol. The molecular formula is C15H17BrN2O. The topological polar surface area (TPSA) is 34.2 Å². The van der Waals surface area contributed by atoms with Crippen molar-refractivity contribution in [3.05, 3.63) is 46.6 Å². The molecule has 0 spiro atoms. The monoisotopic (exact) mass is 320 g/mol. The van der Waals surface area contributed by atoms with Gasteiger partial charge in [-0.2, -0.15) is 0 Å². The summed E-state index contributed by atoms with van der Waals surface area (Å²) in [4.78, 5) is 4.38. The Morgan fingerprint density at radius 2 is 2.00 bits per heavy atom. The number of hydrogen-bond acceptors (Lipinski definition) is 3. The van der Waals surface area contributed by atoms with Crippen molar-refractivity contribution >= 4 is 27.4 Å². The standard InChI is InChI=1S/C15H17BrN2O/c1-10(2)19-14-7-5-4-6-13(14)18-15-11(3)8-12(16)9-17-15/h4-10H,1-3H3,(H,17,18). The molecule has 0 amide bonds. The number of benzene rings is 1. The number of nitrogens with one attached hydrogen (secondary N) is 1. The number of halogens is 1. The van der Waals surface area contributed by atoms with E-state index >= 15 is 0 Å². The molecule has 100 valence electrons. The fourth-order valence-electron chi connectivity index (χ4n) is 1.73. The van der Waals surface area contributed by atoms with Gasteiger partial charge in [0.15, 0.2) is 0 Å². The van der Waals surface area contributed by atoms with E-state index in [1.54, 1.807) is 6.20 Å². The van der Waals surface area contributed by atoms with E-state index in [9.17, 15) is 0 Å². The summed E-state index contributed by atoms with van der Waals surface area (Å²) in [5.74, 6) is 1.67. The smallest absolute Gasteiger partial charge is 0.143 e. The first-order valence-corrected chi connectivity index (χ1v) is 7.00. The molecule has 0 fully saturated rings. The number of aryl methyl sites for hydroxylation is 1. The Labute approximate surface area is 122 Å². The highest BCUT2D eigenvalue weighted by molar-refractivity contribution is 9.10. The van der Waals surface area contributed by atoms with Gasteiger partial charge >= 0.3 is 0 Å². The van der Waals surface area contributed by atoms with Gasteiger partial charge in [-0.25, -0.2) is 4.98 Å². The molecule has 0 bridgehead atoms. The molecule has 0 atom stereocenters. The van der Waals surface area contributed by atoms with Crippen LogP contribution in [0, 0.1) is 6.92 Å². The Balaban J connectivity index is 2.27. The van der Waals surface area contributed by atoms with Crippen molar-refractivity contribution in [1.29, 1.82) is 0 Å². The van der Waals surface area contributed by atoms with Crippen LogP contribution >= 0.6 is 15.9 Å². The zero-order valence-electron chi connectivity index (χ0n) is 11.3. The van der Waals surface area contributed by atoms with E-state index in [1.165, 1.54) is 0 Å². The Hall–Kier alpha value is -1.55. The summed E-state index contributed by atoms with van der Waals surface area (Å²) in [6.45, 7) is 6.05. The van der Waals surface area contributed by atoms with Gasteiger partial charge in [-0.05, 0) is 60.5 Å². The number of pyridine rings is 1. The number of hydrogen-bond donors (Lipinski definition) is 1. The highest BCUT2D eigenvalue weighted by Gasteiger charge is 2.07. The average Bonchev–Trinajstić information content (AvgIpc) is 2.34. The van der Waals surface area contributed by atoms with Crippen molar-refractivity contribution in [2.45, 2.75) is 26.9 Å². The van der Waals surface area contributed by atoms with Crippen LogP contribution in [0.2, 0.25) is 0 Å². The number of nitrogens with zero attached hydrogens (tertiary/aromatic N) is 1. The van der Waals surface area contributed by atoms with Gasteiger partial charge in [0, 0.05) is 10.7 Å². The summed E-state index contributed by atoms with van der Waals surface area (Å²) in [6.07, 6.45) is 1.92. The Kier molecular flexibility index (Phi) is 4.43. The number of rotatable bonds is 4. The van der Waals surface area contributed by atoms with E-state index in [2.05, 4.69) is 26.2 Å². The third kappa shape index (κ3) is 3.70. The third-order valence-corrected chi connectivity index (χ3v) is 2.98. The fourth-order valence-corrected chi connectivity index (χ4v) is 2.17. The maximum Gasteiger partial charge on any atom is 0.143 e. The molecule has 1 aromatic carbocycles. The van der Waals surface area contributed by atoms with Crippen molar-refractivity contribution in [1.82, 2.24) is 4.98 Å². The molecule has 19 heavy (non-hydrogen) atoms. The van der Waals surface area contributed by atoms with E-state index in [4.69, 9.17) is 4.74 Å². The van der Waals surface area contributed by atoms with Crippen LogP contribution in [0.15, 0.2) is 41.0 Å². The Morgan fingerprint density at radius 1 is 1.26 bits per heavy atom. The molecule has 1 heterocycles. The molecule has 0 saturated carbocycles. The first kappa shape index (κ1) is 13.9. The SMILES string of the molecule is Cc1cc(Br)cnc1Nc1ccccc1OC(C)C. The van der Waals surface area contributed by atoms with Gasteiger partial charge in [0.1, 0.15) is 11.6 Å². The molecule has 1 N–H and O–H groups in total. The molecular weight excluding hydrogens is 304 g/mol. The minimum atomic E-state index is 0.141. The van der Waals surface area contributed by atoms with Gasteiger partial charge in [0.2, 0.25) is 0 Å². The molecule has 2 aromatic rings. The zero-order chi connectivity index (χ0) is 13.8. The summed E-state index contributed by atoms with van der Waals surface area (Å²) in [7, 11) is 0. The minimum Gasteiger partial charge on any atom is -0.489 e. The van der Waals surface area contributed by atoms with Crippen LogP contribution in [0.5, 0.6) is 5.75 Å². The van der Waals surface area contributed by atoms with E-state index in [0.29, 0.717) is 0 Å². The predicted octanol–water partition coefficient (Wildman–Crippen LogP) is 4.68. The summed E-state index contributed by atoms with van der Waals surface area (Å²) in [5.41, 5.74) is 2.00. The molecule has 0 radical (unpaired) electrons. The molecule has 0 aliphatic heterocycles. The van der Waals surface area contributed by atoms with E-state index in [1.807, 2.05) is 51.1 Å². The normalized spacial score (nSPS) is 10.6. The molecule has 0 aliphatic rings. The number of anilines is 2. The lowest BCUT2D eigenvalue weighted by molar-refractivity contribution is 0.244. The van der Waals surface area contributed by atoms with Gasteiger partial charge in [-0.1, -0.05) is 12.1 Å². The second-order valence-electron chi connectivity index (χ2n) is 4.61. The summed E-state index contributed by atoms with van der Waals surface area (Å²) in [5, 5.41) is 3.32. The third-order valence-electron chi connectivity index (χ3n) is 2.55. The van der Waals surface area contributed by atoms with E-state index in [0.717, 1.165) is 27.3 Å². The summed E-state index contributed by atoms with van der Waals surface area (Å²) < 4.78 is 6.76. The lowest BCUT2D eigenvalue weighted by atomic mass is 10.2. The van der Waals surface area contributed by atoms with Crippen molar-refractivity contribution in [3.63, 3.8) is 0 Å². The molecule has 4 heteroatoms. The van der Waals surface area contributed by atoms with Crippen LogP contribution in [0.1, 0.15) is 19.4 Å². The Bertz CT molecular complexity index is 570. The van der Waals surface area contributed by atoms with Crippen LogP contribution in [-0.2, 0) is 0 Å². The van der Waals surface area contributed by atoms with Gasteiger partial charge < -0.3 is 10.1 Å². The van der Waals surface area contributed by atoms with Crippen molar-refractivity contribution in [2.24, 2.45) is 0 Å². The fraction of sp³-hybridized carbons (Fsp3) is 0.267. The molecule has 2 rings (SSSR count). The largest absolute Gasteiger partial charge is 0.489 e. The Morgan fingerprint density at radius 3 is 2.68 bits per heavy atom. The van der Waals surface area contributed by atoms with Crippen molar-refractivity contribution in [2.75, 3.05) is 5.32 Å². The van der Waals surface area contributed by atoms with Gasteiger partial charge in [-0.3, -0.25) is 0 Å². The highest BCUT2D eigenvalue weighted by Crippen LogP contribution is 2.29. The van der Waals surface area contributed by atoms with Crippen LogP contribution in [0.25, 0.3) is 0 Å². The number of ether oxygens (including phenoxy) is 1. The quantitative estimate of drug-likeness (QED) is 0.887. The van der Waals surface area contributed by atoms with Crippen LogP contribution in [-0.4, -0.2) is 11.1 Å². The van der Waals surface area contributed by atoms with Gasteiger partial charge in [0.25, 0.3) is 0 Å². The van der Waals surface area contributed by atoms with Crippen LogP contribution < -0.4 is 10.1 Å². The maximum absolute atomic E-state index is 5.78. The van der Waals surface area contributed by atoms with Crippen molar-refractivity contribution < 1.29 is 4.74 Å². The summed E-state index contributed by atoms with van der Waals surface area (Å²) in [6, 6.07) is 9.91. The van der Waals surface area contributed by atoms with E-state index in [-0.39, 0.29) is 6.10 Å². The zero-order valence-corrected chi connectivity index (χ0v) is 12.9. The van der Waals surface area contributed by atoms with Gasteiger partial charge in [-0.15, -0.1) is 0 Å². The minimum absolute atomic E-state index is 0.141. The maximum atomic E-state index is 5.78. The first-order chi connectivity index (χ1) is 9.06.